The first-order chi connectivity index (χ1) is 21.9. The summed E-state index contributed by atoms with van der Waals surface area (Å²) in [6.07, 6.45) is 3.17. The molecular formula is C39H41BrClNO4. The van der Waals surface area contributed by atoms with Gasteiger partial charge in [0, 0.05) is 52.3 Å². The molecular weight excluding hydrogens is 662 g/mol. The Bertz CT molecular complexity index is 1690. The standard InChI is InChI=1S/C39H41BrClNO4/c1-38(2)19-29-35(31(43)21-38)34(26-17-28(41)37(33(18-26)45-5)46-23-25-11-13-27(40)14-12-25)36-30(20-39(3,4)22-32(36)44)42(29)16-15-24-9-7-6-8-10-24/h6-14,17-18,34H,15-16,19-23H2,1-5H3. The zero-order chi connectivity index (χ0) is 32.8. The van der Waals surface area contributed by atoms with E-state index in [1.165, 1.54) is 5.56 Å². The molecule has 0 fully saturated rings. The lowest BCUT2D eigenvalue weighted by Crippen LogP contribution is -2.45. The minimum Gasteiger partial charge on any atom is -0.493 e. The lowest BCUT2D eigenvalue weighted by Gasteiger charge is -2.49. The molecule has 3 aromatic rings. The number of rotatable bonds is 8. The quantitative estimate of drug-likeness (QED) is 0.234. The molecule has 6 rings (SSSR count). The molecule has 0 spiro atoms. The number of halogens is 2. The molecule has 0 saturated carbocycles. The van der Waals surface area contributed by atoms with Crippen molar-refractivity contribution in [1.29, 1.82) is 0 Å². The van der Waals surface area contributed by atoms with Crippen LogP contribution in [0.15, 0.2) is 93.7 Å². The van der Waals surface area contributed by atoms with Gasteiger partial charge in [-0.3, -0.25) is 9.59 Å². The second-order valence-corrected chi connectivity index (χ2v) is 15.7. The number of ketones is 2. The van der Waals surface area contributed by atoms with Crippen LogP contribution in [0.25, 0.3) is 0 Å². The average molecular weight is 703 g/mol. The number of carbonyl (C=O) groups is 2. The maximum absolute atomic E-state index is 14.2. The van der Waals surface area contributed by atoms with Gasteiger partial charge in [0.15, 0.2) is 23.1 Å². The molecule has 46 heavy (non-hydrogen) atoms. The van der Waals surface area contributed by atoms with Gasteiger partial charge in [0.2, 0.25) is 0 Å². The third-order valence-electron chi connectivity index (χ3n) is 9.37. The topological polar surface area (TPSA) is 55.8 Å². The van der Waals surface area contributed by atoms with Crippen molar-refractivity contribution in [2.75, 3.05) is 13.7 Å². The van der Waals surface area contributed by atoms with Gasteiger partial charge in [-0.1, -0.05) is 97.7 Å². The molecule has 0 amide bonds. The molecule has 240 valence electrons. The Balaban J connectivity index is 1.47. The van der Waals surface area contributed by atoms with Gasteiger partial charge in [-0.15, -0.1) is 0 Å². The van der Waals surface area contributed by atoms with Crippen LogP contribution >= 0.6 is 27.5 Å². The minimum atomic E-state index is -0.517. The Morgan fingerprint density at radius 3 is 1.98 bits per heavy atom. The Hall–Kier alpha value is -3.35. The third-order valence-corrected chi connectivity index (χ3v) is 10.2. The van der Waals surface area contributed by atoms with E-state index in [1.54, 1.807) is 7.11 Å². The van der Waals surface area contributed by atoms with Crippen molar-refractivity contribution in [2.45, 2.75) is 72.3 Å². The van der Waals surface area contributed by atoms with Gasteiger partial charge in [0.25, 0.3) is 0 Å². The Morgan fingerprint density at radius 2 is 1.41 bits per heavy atom. The van der Waals surface area contributed by atoms with Crippen LogP contribution in [0.3, 0.4) is 0 Å². The molecule has 2 aliphatic carbocycles. The van der Waals surface area contributed by atoms with E-state index in [1.807, 2.05) is 42.5 Å². The van der Waals surface area contributed by atoms with Crippen molar-refractivity contribution in [2.24, 2.45) is 10.8 Å². The summed E-state index contributed by atoms with van der Waals surface area (Å²) in [5.74, 6) is 0.582. The first-order valence-electron chi connectivity index (χ1n) is 15.9. The van der Waals surface area contributed by atoms with E-state index < -0.39 is 5.92 Å². The van der Waals surface area contributed by atoms with E-state index in [-0.39, 0.29) is 22.4 Å². The highest BCUT2D eigenvalue weighted by Crippen LogP contribution is 2.55. The third kappa shape index (κ3) is 6.57. The lowest BCUT2D eigenvalue weighted by molar-refractivity contribution is -0.119. The average Bonchev–Trinajstić information content (AvgIpc) is 2.99. The fraction of sp³-hybridized carbons (Fsp3) is 0.385. The van der Waals surface area contributed by atoms with Crippen LogP contribution in [-0.4, -0.2) is 30.1 Å². The number of allylic oxidation sites excluding steroid dienone is 4. The molecule has 0 aromatic heterocycles. The van der Waals surface area contributed by atoms with Crippen LogP contribution < -0.4 is 9.47 Å². The second kappa shape index (κ2) is 12.7. The Labute approximate surface area is 285 Å². The van der Waals surface area contributed by atoms with Crippen molar-refractivity contribution < 1.29 is 19.1 Å². The number of methoxy groups -OCH3 is 1. The number of Topliss-reactive ketones (excluding diaryl/α,β-unsaturated/α-hetero) is 2. The SMILES string of the molecule is COc1cc(C2C3=C(CC(C)(C)CC3=O)N(CCc3ccccc3)C3=C2C(=O)CC(C)(C)C3)cc(Cl)c1OCc1ccc(Br)cc1. The molecule has 1 aliphatic heterocycles. The summed E-state index contributed by atoms with van der Waals surface area (Å²) in [6.45, 7) is 9.67. The molecule has 0 atom stereocenters. The van der Waals surface area contributed by atoms with E-state index in [0.717, 1.165) is 57.4 Å². The molecule has 7 heteroatoms. The van der Waals surface area contributed by atoms with Crippen LogP contribution in [0.2, 0.25) is 5.02 Å². The van der Waals surface area contributed by atoms with Crippen molar-refractivity contribution in [1.82, 2.24) is 4.90 Å². The number of nitrogens with zero attached hydrogens (tertiary/aromatic N) is 1. The lowest BCUT2D eigenvalue weighted by atomic mass is 9.63. The van der Waals surface area contributed by atoms with Crippen molar-refractivity contribution >= 4 is 39.1 Å². The van der Waals surface area contributed by atoms with Crippen LogP contribution in [0.1, 0.15) is 76.0 Å². The predicted octanol–water partition coefficient (Wildman–Crippen LogP) is 9.62. The van der Waals surface area contributed by atoms with Crippen LogP contribution in [-0.2, 0) is 22.6 Å². The zero-order valence-electron chi connectivity index (χ0n) is 27.2. The fourth-order valence-electron chi connectivity index (χ4n) is 7.32. The summed E-state index contributed by atoms with van der Waals surface area (Å²) in [5, 5.41) is 0.384. The summed E-state index contributed by atoms with van der Waals surface area (Å²) in [5.41, 5.74) is 6.13. The molecule has 0 saturated heterocycles. The molecule has 3 aromatic carbocycles. The molecule has 0 radical (unpaired) electrons. The summed E-state index contributed by atoms with van der Waals surface area (Å²) in [6, 6.07) is 22.1. The number of ether oxygens (including phenoxy) is 2. The molecule has 0 N–H and O–H groups in total. The summed E-state index contributed by atoms with van der Waals surface area (Å²) in [7, 11) is 1.59. The number of carbonyl (C=O) groups excluding carboxylic acids is 2. The summed E-state index contributed by atoms with van der Waals surface area (Å²) in [4.78, 5) is 30.8. The molecule has 1 heterocycles. The maximum atomic E-state index is 14.2. The van der Waals surface area contributed by atoms with Gasteiger partial charge >= 0.3 is 0 Å². The number of hydrogen-bond acceptors (Lipinski definition) is 5. The van der Waals surface area contributed by atoms with Gasteiger partial charge in [-0.2, -0.15) is 0 Å². The van der Waals surface area contributed by atoms with Gasteiger partial charge < -0.3 is 14.4 Å². The zero-order valence-corrected chi connectivity index (χ0v) is 29.6. The van der Waals surface area contributed by atoms with E-state index >= 15 is 0 Å². The first-order valence-corrected chi connectivity index (χ1v) is 17.1. The molecule has 5 nitrogen and oxygen atoms in total. The number of benzene rings is 3. The molecule has 0 unspecified atom stereocenters. The van der Waals surface area contributed by atoms with Crippen LogP contribution in [0.5, 0.6) is 11.5 Å². The minimum absolute atomic E-state index is 0.0933. The van der Waals surface area contributed by atoms with Crippen molar-refractivity contribution in [3.05, 3.63) is 115 Å². The highest BCUT2D eigenvalue weighted by molar-refractivity contribution is 9.10. The normalized spacial score (nSPS) is 19.2. The largest absolute Gasteiger partial charge is 0.493 e. The van der Waals surface area contributed by atoms with Crippen LogP contribution in [0.4, 0.5) is 0 Å². The second-order valence-electron chi connectivity index (χ2n) is 14.4. The van der Waals surface area contributed by atoms with E-state index in [4.69, 9.17) is 21.1 Å². The molecule has 3 aliphatic rings. The maximum Gasteiger partial charge on any atom is 0.180 e. The highest BCUT2D eigenvalue weighted by Gasteiger charge is 2.49. The van der Waals surface area contributed by atoms with Gasteiger partial charge in [-0.05, 0) is 71.0 Å². The van der Waals surface area contributed by atoms with Gasteiger partial charge in [-0.25, -0.2) is 0 Å². The van der Waals surface area contributed by atoms with Crippen LogP contribution in [0, 0.1) is 10.8 Å². The van der Waals surface area contributed by atoms with Crippen molar-refractivity contribution in [3.8, 4) is 11.5 Å². The van der Waals surface area contributed by atoms with E-state index in [9.17, 15) is 9.59 Å². The fourth-order valence-corrected chi connectivity index (χ4v) is 7.86. The first kappa shape index (κ1) is 32.6. The number of hydrogen-bond donors (Lipinski definition) is 0. The van der Waals surface area contributed by atoms with E-state index in [0.29, 0.717) is 42.5 Å². The summed E-state index contributed by atoms with van der Waals surface area (Å²) < 4.78 is 13.0. The summed E-state index contributed by atoms with van der Waals surface area (Å²) >= 11 is 10.4. The monoisotopic (exact) mass is 701 g/mol. The molecule has 0 bridgehead atoms. The predicted molar refractivity (Wildman–Crippen MR) is 186 cm³/mol. The van der Waals surface area contributed by atoms with E-state index in [2.05, 4.69) is 72.8 Å². The Kier molecular flexibility index (Phi) is 8.99. The highest BCUT2D eigenvalue weighted by atomic mass is 79.9. The smallest absolute Gasteiger partial charge is 0.180 e. The van der Waals surface area contributed by atoms with Gasteiger partial charge in [0.05, 0.1) is 12.1 Å². The Morgan fingerprint density at radius 1 is 0.826 bits per heavy atom. The van der Waals surface area contributed by atoms with Gasteiger partial charge in [0.1, 0.15) is 6.61 Å². The van der Waals surface area contributed by atoms with Crippen molar-refractivity contribution in [3.63, 3.8) is 0 Å².